The van der Waals surface area contributed by atoms with Crippen LogP contribution in [0.15, 0.2) is 11.4 Å². The molecule has 1 aliphatic rings. The molecule has 0 fully saturated rings. The van der Waals surface area contributed by atoms with E-state index in [0.29, 0.717) is 12.6 Å². The van der Waals surface area contributed by atoms with Crippen LogP contribution in [0.4, 0.5) is 5.69 Å². The molecule has 118 valence electrons. The summed E-state index contributed by atoms with van der Waals surface area (Å²) in [6.07, 6.45) is 1.04. The summed E-state index contributed by atoms with van der Waals surface area (Å²) in [5.74, 6) is 0.0322. The molecule has 1 atom stereocenters. The Balaban J connectivity index is 1.68. The van der Waals surface area contributed by atoms with Crippen LogP contribution < -0.4 is 5.32 Å². The standard InChI is InChI=1S/C16H22N4OS/c1-10-16(12(3)19(4)18-10)17-15(21)9-20-7-5-14-13(11(20)2)6-8-22-14/h6,8,11H,5,7,9H2,1-4H3,(H,17,21)/t11-/m0/s1. The average Bonchev–Trinajstić information content (AvgIpc) is 3.03. The molecule has 0 radical (unpaired) electrons. The van der Waals surface area contributed by atoms with E-state index in [0.717, 1.165) is 30.0 Å². The highest BCUT2D eigenvalue weighted by atomic mass is 32.1. The zero-order valence-corrected chi connectivity index (χ0v) is 14.3. The first kappa shape index (κ1) is 15.2. The van der Waals surface area contributed by atoms with Crippen molar-refractivity contribution in [3.63, 3.8) is 0 Å². The first-order valence-electron chi connectivity index (χ1n) is 7.57. The summed E-state index contributed by atoms with van der Waals surface area (Å²) in [6.45, 7) is 7.43. The van der Waals surface area contributed by atoms with Crippen molar-refractivity contribution in [3.8, 4) is 0 Å². The first-order chi connectivity index (χ1) is 10.5. The number of aryl methyl sites for hydroxylation is 2. The minimum atomic E-state index is 0.0322. The fourth-order valence-electron chi connectivity index (χ4n) is 3.10. The molecule has 1 aliphatic heterocycles. The van der Waals surface area contributed by atoms with Crippen molar-refractivity contribution in [1.29, 1.82) is 0 Å². The molecule has 6 heteroatoms. The number of aromatic nitrogens is 2. The predicted octanol–water partition coefficient (Wildman–Crippen LogP) is 2.66. The zero-order chi connectivity index (χ0) is 15.9. The number of anilines is 1. The maximum absolute atomic E-state index is 12.4. The van der Waals surface area contributed by atoms with Crippen molar-refractivity contribution >= 4 is 22.9 Å². The molecule has 0 aliphatic carbocycles. The van der Waals surface area contributed by atoms with Gasteiger partial charge in [0.05, 0.1) is 23.6 Å². The molecule has 0 spiro atoms. The van der Waals surface area contributed by atoms with E-state index >= 15 is 0 Å². The highest BCUT2D eigenvalue weighted by Gasteiger charge is 2.26. The van der Waals surface area contributed by atoms with Gasteiger partial charge in [-0.3, -0.25) is 14.4 Å². The number of carbonyl (C=O) groups excluding carboxylic acids is 1. The maximum Gasteiger partial charge on any atom is 0.238 e. The summed E-state index contributed by atoms with van der Waals surface area (Å²) in [5.41, 5.74) is 4.06. The van der Waals surface area contributed by atoms with Crippen LogP contribution in [-0.4, -0.2) is 33.7 Å². The monoisotopic (exact) mass is 318 g/mol. The summed E-state index contributed by atoms with van der Waals surface area (Å²) in [7, 11) is 1.89. The summed E-state index contributed by atoms with van der Waals surface area (Å²) >= 11 is 1.82. The van der Waals surface area contributed by atoms with Crippen LogP contribution in [0, 0.1) is 13.8 Å². The van der Waals surface area contributed by atoms with E-state index in [2.05, 4.69) is 33.7 Å². The lowest BCUT2D eigenvalue weighted by Gasteiger charge is -2.32. The SMILES string of the molecule is Cc1nn(C)c(C)c1NC(=O)CN1CCc2sccc2[C@@H]1C. The van der Waals surface area contributed by atoms with E-state index < -0.39 is 0 Å². The Morgan fingerprint density at radius 2 is 2.27 bits per heavy atom. The van der Waals surface area contributed by atoms with E-state index in [4.69, 9.17) is 0 Å². The molecule has 1 N–H and O–H groups in total. The third-order valence-corrected chi connectivity index (χ3v) is 5.52. The van der Waals surface area contributed by atoms with Gasteiger partial charge in [-0.05, 0) is 44.2 Å². The molecule has 2 aromatic heterocycles. The van der Waals surface area contributed by atoms with Gasteiger partial charge in [0.2, 0.25) is 5.91 Å². The Morgan fingerprint density at radius 3 is 2.95 bits per heavy atom. The Bertz CT molecular complexity index is 703. The van der Waals surface area contributed by atoms with Crippen molar-refractivity contribution in [1.82, 2.24) is 14.7 Å². The largest absolute Gasteiger partial charge is 0.322 e. The van der Waals surface area contributed by atoms with Crippen LogP contribution in [0.3, 0.4) is 0 Å². The number of nitrogens with one attached hydrogen (secondary N) is 1. The minimum absolute atomic E-state index is 0.0322. The van der Waals surface area contributed by atoms with Gasteiger partial charge in [0.15, 0.2) is 0 Å². The molecule has 0 unspecified atom stereocenters. The van der Waals surface area contributed by atoms with E-state index in [1.807, 2.05) is 32.2 Å². The van der Waals surface area contributed by atoms with Crippen molar-refractivity contribution < 1.29 is 4.79 Å². The lowest BCUT2D eigenvalue weighted by molar-refractivity contribution is -0.117. The first-order valence-corrected chi connectivity index (χ1v) is 8.45. The molecule has 3 rings (SSSR count). The fourth-order valence-corrected chi connectivity index (χ4v) is 4.06. The Labute approximate surface area is 134 Å². The average molecular weight is 318 g/mol. The number of amides is 1. The molecule has 0 aromatic carbocycles. The van der Waals surface area contributed by atoms with Gasteiger partial charge in [-0.25, -0.2) is 0 Å². The molecule has 0 saturated carbocycles. The Morgan fingerprint density at radius 1 is 1.50 bits per heavy atom. The highest BCUT2D eigenvalue weighted by Crippen LogP contribution is 2.32. The van der Waals surface area contributed by atoms with Gasteiger partial charge >= 0.3 is 0 Å². The maximum atomic E-state index is 12.4. The second kappa shape index (κ2) is 5.85. The van der Waals surface area contributed by atoms with Crippen LogP contribution in [0.2, 0.25) is 0 Å². The molecule has 0 saturated heterocycles. The third-order valence-electron chi connectivity index (χ3n) is 4.52. The summed E-state index contributed by atoms with van der Waals surface area (Å²) in [5, 5.41) is 9.51. The second-order valence-electron chi connectivity index (χ2n) is 5.91. The van der Waals surface area contributed by atoms with Crippen molar-refractivity contribution in [2.24, 2.45) is 7.05 Å². The Kier molecular flexibility index (Phi) is 4.06. The van der Waals surface area contributed by atoms with Gasteiger partial charge in [-0.15, -0.1) is 11.3 Å². The van der Waals surface area contributed by atoms with Gasteiger partial charge in [0, 0.05) is 24.5 Å². The molecule has 2 aromatic rings. The predicted molar refractivity (Wildman–Crippen MR) is 89.3 cm³/mol. The molecular weight excluding hydrogens is 296 g/mol. The van der Waals surface area contributed by atoms with Gasteiger partial charge in [0.25, 0.3) is 0 Å². The summed E-state index contributed by atoms with van der Waals surface area (Å²) in [4.78, 5) is 16.1. The Hall–Kier alpha value is -1.66. The smallest absolute Gasteiger partial charge is 0.238 e. The lowest BCUT2D eigenvalue weighted by atomic mass is 10.0. The van der Waals surface area contributed by atoms with E-state index in [-0.39, 0.29) is 5.91 Å². The minimum Gasteiger partial charge on any atom is -0.322 e. The topological polar surface area (TPSA) is 50.2 Å². The molecule has 1 amide bonds. The van der Waals surface area contributed by atoms with Crippen LogP contribution in [0.25, 0.3) is 0 Å². The van der Waals surface area contributed by atoms with Crippen molar-refractivity contribution in [3.05, 3.63) is 33.3 Å². The van der Waals surface area contributed by atoms with Crippen LogP contribution >= 0.6 is 11.3 Å². The molecule has 3 heterocycles. The van der Waals surface area contributed by atoms with E-state index in [1.54, 1.807) is 4.68 Å². The number of rotatable bonds is 3. The number of hydrogen-bond donors (Lipinski definition) is 1. The van der Waals surface area contributed by atoms with Crippen molar-refractivity contribution in [2.75, 3.05) is 18.4 Å². The molecule has 22 heavy (non-hydrogen) atoms. The summed E-state index contributed by atoms with van der Waals surface area (Å²) < 4.78 is 1.80. The molecule has 5 nitrogen and oxygen atoms in total. The molecular formula is C16H22N4OS. The number of hydrogen-bond acceptors (Lipinski definition) is 4. The molecule has 0 bridgehead atoms. The highest BCUT2D eigenvalue weighted by molar-refractivity contribution is 7.10. The lowest BCUT2D eigenvalue weighted by Crippen LogP contribution is -2.39. The summed E-state index contributed by atoms with van der Waals surface area (Å²) in [6, 6.07) is 2.49. The van der Waals surface area contributed by atoms with Gasteiger partial charge < -0.3 is 5.32 Å². The van der Waals surface area contributed by atoms with Gasteiger partial charge in [0.1, 0.15) is 0 Å². The van der Waals surface area contributed by atoms with Crippen molar-refractivity contribution in [2.45, 2.75) is 33.2 Å². The number of carbonyl (C=O) groups is 1. The number of fused-ring (bicyclic) bond motifs is 1. The van der Waals surface area contributed by atoms with E-state index in [9.17, 15) is 4.79 Å². The second-order valence-corrected chi connectivity index (χ2v) is 6.91. The third kappa shape index (κ3) is 2.68. The fraction of sp³-hybridized carbons (Fsp3) is 0.500. The van der Waals surface area contributed by atoms with Gasteiger partial charge in [-0.2, -0.15) is 5.10 Å². The van der Waals surface area contributed by atoms with Crippen LogP contribution in [0.1, 0.15) is 34.8 Å². The number of thiophene rings is 1. The van der Waals surface area contributed by atoms with Crippen LogP contribution in [-0.2, 0) is 18.3 Å². The van der Waals surface area contributed by atoms with E-state index in [1.165, 1.54) is 10.4 Å². The normalized spacial score (nSPS) is 18.3. The number of nitrogens with zero attached hydrogens (tertiary/aromatic N) is 3. The zero-order valence-electron chi connectivity index (χ0n) is 13.5. The quantitative estimate of drug-likeness (QED) is 0.946. The van der Waals surface area contributed by atoms with Gasteiger partial charge in [-0.1, -0.05) is 0 Å². The van der Waals surface area contributed by atoms with Crippen LogP contribution in [0.5, 0.6) is 0 Å².